The summed E-state index contributed by atoms with van der Waals surface area (Å²) in [5.74, 6) is 1.51. The molecule has 1 aliphatic heterocycles. The van der Waals surface area contributed by atoms with Crippen molar-refractivity contribution in [3.05, 3.63) is 46.2 Å². The molecule has 2 N–H and O–H groups in total. The van der Waals surface area contributed by atoms with E-state index in [1.165, 1.54) is 0 Å². The first kappa shape index (κ1) is 15.7. The zero-order chi connectivity index (χ0) is 16.1. The van der Waals surface area contributed by atoms with Gasteiger partial charge in [-0.2, -0.15) is 0 Å². The van der Waals surface area contributed by atoms with Crippen molar-refractivity contribution in [2.24, 2.45) is 0 Å². The number of benzene rings is 1. The Hall–Kier alpha value is -2.21. The van der Waals surface area contributed by atoms with Gasteiger partial charge in [-0.25, -0.2) is 4.79 Å². The molecule has 0 saturated heterocycles. The number of ether oxygens (including phenoxy) is 2. The molecule has 23 heavy (non-hydrogen) atoms. The first-order valence-electron chi connectivity index (χ1n) is 7.68. The molecule has 1 unspecified atom stereocenters. The zero-order valence-electron chi connectivity index (χ0n) is 13.0. The van der Waals surface area contributed by atoms with Crippen molar-refractivity contribution in [2.45, 2.75) is 25.9 Å². The van der Waals surface area contributed by atoms with E-state index in [9.17, 15) is 4.79 Å². The molecule has 2 heterocycles. The van der Waals surface area contributed by atoms with Gasteiger partial charge in [0.15, 0.2) is 11.5 Å². The van der Waals surface area contributed by atoms with Crippen molar-refractivity contribution in [1.29, 1.82) is 0 Å². The third kappa shape index (κ3) is 4.16. The second kappa shape index (κ2) is 7.37. The molecular weight excluding hydrogens is 312 g/mol. The van der Waals surface area contributed by atoms with Crippen LogP contribution in [0.15, 0.2) is 35.7 Å². The number of carbonyl (C=O) groups excluding carboxylic acids is 1. The lowest BCUT2D eigenvalue weighted by molar-refractivity contribution is 0.237. The van der Waals surface area contributed by atoms with Crippen molar-refractivity contribution < 1.29 is 14.3 Å². The SMILES string of the molecule is CC(NC(=O)NCc1cccs1)c1ccc2c(c1)OCCCO2. The largest absolute Gasteiger partial charge is 0.490 e. The highest BCUT2D eigenvalue weighted by molar-refractivity contribution is 7.09. The second-order valence-electron chi connectivity index (χ2n) is 5.38. The second-order valence-corrected chi connectivity index (χ2v) is 6.42. The van der Waals surface area contributed by atoms with E-state index in [4.69, 9.17) is 9.47 Å². The summed E-state index contributed by atoms with van der Waals surface area (Å²) in [4.78, 5) is 13.1. The van der Waals surface area contributed by atoms with Crippen LogP contribution in [-0.2, 0) is 6.54 Å². The van der Waals surface area contributed by atoms with Crippen LogP contribution in [0.4, 0.5) is 4.79 Å². The van der Waals surface area contributed by atoms with Crippen LogP contribution in [0.3, 0.4) is 0 Å². The predicted molar refractivity (Wildman–Crippen MR) is 90.2 cm³/mol. The van der Waals surface area contributed by atoms with Crippen molar-refractivity contribution in [1.82, 2.24) is 10.6 Å². The van der Waals surface area contributed by atoms with Crippen LogP contribution >= 0.6 is 11.3 Å². The van der Waals surface area contributed by atoms with Gasteiger partial charge in [0.05, 0.1) is 25.8 Å². The Bertz CT molecular complexity index is 658. The molecule has 0 spiro atoms. The molecule has 0 saturated carbocycles. The van der Waals surface area contributed by atoms with Gasteiger partial charge < -0.3 is 20.1 Å². The van der Waals surface area contributed by atoms with Crippen LogP contribution in [0.5, 0.6) is 11.5 Å². The number of rotatable bonds is 4. The van der Waals surface area contributed by atoms with Crippen molar-refractivity contribution >= 4 is 17.4 Å². The van der Waals surface area contributed by atoms with Gasteiger partial charge in [0, 0.05) is 11.3 Å². The predicted octanol–water partition coefficient (Wildman–Crippen LogP) is 3.47. The summed E-state index contributed by atoms with van der Waals surface area (Å²) in [7, 11) is 0. The van der Waals surface area contributed by atoms with E-state index in [2.05, 4.69) is 10.6 Å². The highest BCUT2D eigenvalue weighted by atomic mass is 32.1. The average Bonchev–Trinajstić information content (AvgIpc) is 2.96. The molecule has 6 heteroatoms. The number of nitrogens with one attached hydrogen (secondary N) is 2. The standard InChI is InChI=1S/C17H20N2O3S/c1-12(19-17(20)18-11-14-4-2-9-23-14)13-5-6-15-16(10-13)22-8-3-7-21-15/h2,4-6,9-10,12H,3,7-8,11H2,1H3,(H2,18,19,20). The van der Waals surface area contributed by atoms with Gasteiger partial charge in [-0.1, -0.05) is 12.1 Å². The molecule has 0 fully saturated rings. The highest BCUT2D eigenvalue weighted by Crippen LogP contribution is 2.32. The van der Waals surface area contributed by atoms with Gasteiger partial charge in [-0.3, -0.25) is 0 Å². The fraction of sp³-hybridized carbons (Fsp3) is 0.353. The molecule has 3 rings (SSSR count). The van der Waals surface area contributed by atoms with Crippen LogP contribution < -0.4 is 20.1 Å². The summed E-state index contributed by atoms with van der Waals surface area (Å²) in [5, 5.41) is 7.80. The Morgan fingerprint density at radius 1 is 1.26 bits per heavy atom. The smallest absolute Gasteiger partial charge is 0.315 e. The molecule has 0 radical (unpaired) electrons. The molecule has 1 aliphatic rings. The van der Waals surface area contributed by atoms with Gasteiger partial charge in [0.1, 0.15) is 0 Å². The topological polar surface area (TPSA) is 59.6 Å². The molecule has 5 nitrogen and oxygen atoms in total. The van der Waals surface area contributed by atoms with E-state index in [0.29, 0.717) is 19.8 Å². The van der Waals surface area contributed by atoms with Gasteiger partial charge in [-0.15, -0.1) is 11.3 Å². The quantitative estimate of drug-likeness (QED) is 0.901. The van der Waals surface area contributed by atoms with E-state index in [-0.39, 0.29) is 12.1 Å². The van der Waals surface area contributed by atoms with E-state index < -0.39 is 0 Å². The van der Waals surface area contributed by atoms with Crippen LogP contribution in [0, 0.1) is 0 Å². The van der Waals surface area contributed by atoms with Crippen LogP contribution in [0.1, 0.15) is 29.8 Å². The Morgan fingerprint density at radius 3 is 2.87 bits per heavy atom. The Balaban J connectivity index is 1.58. The molecule has 0 bridgehead atoms. The number of hydrogen-bond donors (Lipinski definition) is 2. The molecule has 1 atom stereocenters. The summed E-state index contributed by atoms with van der Waals surface area (Å²) in [6.07, 6.45) is 0.878. The minimum absolute atomic E-state index is 0.115. The number of fused-ring (bicyclic) bond motifs is 1. The highest BCUT2D eigenvalue weighted by Gasteiger charge is 2.15. The fourth-order valence-electron chi connectivity index (χ4n) is 2.36. The van der Waals surface area contributed by atoms with E-state index in [1.54, 1.807) is 11.3 Å². The Morgan fingerprint density at radius 2 is 2.09 bits per heavy atom. The molecule has 0 aliphatic carbocycles. The number of carbonyl (C=O) groups is 1. The first-order valence-corrected chi connectivity index (χ1v) is 8.56. The van der Waals surface area contributed by atoms with Crippen molar-refractivity contribution in [2.75, 3.05) is 13.2 Å². The van der Waals surface area contributed by atoms with Crippen LogP contribution in [0.25, 0.3) is 0 Å². The summed E-state index contributed by atoms with van der Waals surface area (Å²) in [5.41, 5.74) is 0.987. The van der Waals surface area contributed by atoms with Gasteiger partial charge >= 0.3 is 6.03 Å². The lowest BCUT2D eigenvalue weighted by Gasteiger charge is -2.16. The number of amides is 2. The van der Waals surface area contributed by atoms with E-state index >= 15 is 0 Å². The third-order valence-corrected chi connectivity index (χ3v) is 4.50. The monoisotopic (exact) mass is 332 g/mol. The fourth-order valence-corrected chi connectivity index (χ4v) is 3.01. The summed E-state index contributed by atoms with van der Waals surface area (Å²) in [6.45, 7) is 3.81. The first-order chi connectivity index (χ1) is 11.2. The molecule has 1 aromatic heterocycles. The van der Waals surface area contributed by atoms with Gasteiger partial charge in [-0.05, 0) is 36.1 Å². The van der Waals surface area contributed by atoms with Crippen LogP contribution in [-0.4, -0.2) is 19.2 Å². The Labute approximate surface area is 139 Å². The zero-order valence-corrected chi connectivity index (χ0v) is 13.8. The van der Waals surface area contributed by atoms with E-state index in [0.717, 1.165) is 28.4 Å². The number of thiophene rings is 1. The summed E-state index contributed by atoms with van der Waals surface area (Å²) < 4.78 is 11.3. The van der Waals surface area contributed by atoms with Gasteiger partial charge in [0.25, 0.3) is 0 Å². The van der Waals surface area contributed by atoms with Crippen molar-refractivity contribution in [3.8, 4) is 11.5 Å². The molecular formula is C17H20N2O3S. The van der Waals surface area contributed by atoms with E-state index in [1.807, 2.05) is 42.6 Å². The van der Waals surface area contributed by atoms with Crippen molar-refractivity contribution in [3.63, 3.8) is 0 Å². The third-order valence-electron chi connectivity index (χ3n) is 3.62. The summed E-state index contributed by atoms with van der Waals surface area (Å²) in [6, 6.07) is 9.46. The molecule has 2 aromatic rings. The molecule has 122 valence electrons. The molecule has 1 aromatic carbocycles. The van der Waals surface area contributed by atoms with Gasteiger partial charge in [0.2, 0.25) is 0 Å². The summed E-state index contributed by atoms with van der Waals surface area (Å²) >= 11 is 1.62. The maximum Gasteiger partial charge on any atom is 0.315 e. The molecule has 2 amide bonds. The number of urea groups is 1. The number of hydrogen-bond acceptors (Lipinski definition) is 4. The maximum atomic E-state index is 12.0. The minimum Gasteiger partial charge on any atom is -0.490 e. The lowest BCUT2D eigenvalue weighted by atomic mass is 10.1. The Kier molecular flexibility index (Phi) is 5.02. The normalized spacial score (nSPS) is 14.7. The maximum absolute atomic E-state index is 12.0. The average molecular weight is 332 g/mol. The van der Waals surface area contributed by atoms with Crippen LogP contribution in [0.2, 0.25) is 0 Å². The minimum atomic E-state index is -0.182. The lowest BCUT2D eigenvalue weighted by Crippen LogP contribution is -2.36.